The molecule has 4 rings (SSSR count). The van der Waals surface area contributed by atoms with E-state index < -0.39 is 0 Å². The molecule has 0 amide bonds. The number of nitrogens with zero attached hydrogens (tertiary/aromatic N) is 3. The summed E-state index contributed by atoms with van der Waals surface area (Å²) in [6.45, 7) is 23.9. The summed E-state index contributed by atoms with van der Waals surface area (Å²) >= 11 is 0. The van der Waals surface area contributed by atoms with Crippen molar-refractivity contribution in [3.63, 3.8) is 0 Å². The summed E-state index contributed by atoms with van der Waals surface area (Å²) in [5.74, 6) is 3.29. The number of rotatable bonds is 7. The standard InChI is InChI=1S/C33H45N3/c1-20(2)25-17-28(23(7)8)32(29(18-25)24(9)10)35-19-36(33-30(35)15-12-16-34-33)31-26(21(3)4)13-11-14-27(31)22(5)6/h11-18,20-24H,19H2,1-10H3. The highest BCUT2D eigenvalue weighted by Gasteiger charge is 2.35. The Morgan fingerprint density at radius 3 is 1.56 bits per heavy atom. The molecule has 0 N–H and O–H groups in total. The molecule has 0 spiro atoms. The van der Waals surface area contributed by atoms with Gasteiger partial charge >= 0.3 is 0 Å². The van der Waals surface area contributed by atoms with Gasteiger partial charge < -0.3 is 9.80 Å². The average molecular weight is 484 g/mol. The maximum Gasteiger partial charge on any atom is 0.158 e. The Morgan fingerprint density at radius 2 is 1.08 bits per heavy atom. The molecule has 3 nitrogen and oxygen atoms in total. The molecule has 3 aromatic rings. The lowest BCUT2D eigenvalue weighted by Crippen LogP contribution is -2.28. The number of hydrogen-bond donors (Lipinski definition) is 0. The van der Waals surface area contributed by atoms with E-state index >= 15 is 0 Å². The minimum Gasteiger partial charge on any atom is -0.319 e. The van der Waals surface area contributed by atoms with Gasteiger partial charge in [-0.15, -0.1) is 0 Å². The number of anilines is 4. The van der Waals surface area contributed by atoms with Crippen molar-refractivity contribution in [1.29, 1.82) is 0 Å². The van der Waals surface area contributed by atoms with E-state index in [2.05, 4.69) is 122 Å². The lowest BCUT2D eigenvalue weighted by molar-refractivity contribution is 0.790. The van der Waals surface area contributed by atoms with E-state index in [4.69, 9.17) is 4.98 Å². The molecule has 1 aromatic heterocycles. The summed E-state index contributed by atoms with van der Waals surface area (Å²) in [5, 5.41) is 0. The van der Waals surface area contributed by atoms with Crippen molar-refractivity contribution < 1.29 is 0 Å². The van der Waals surface area contributed by atoms with Crippen LogP contribution < -0.4 is 9.80 Å². The highest BCUT2D eigenvalue weighted by Crippen LogP contribution is 2.50. The molecular weight excluding hydrogens is 438 g/mol. The molecule has 0 aliphatic carbocycles. The summed E-state index contributed by atoms with van der Waals surface area (Å²) in [7, 11) is 0. The predicted octanol–water partition coefficient (Wildman–Crippen LogP) is 9.95. The second-order valence-corrected chi connectivity index (χ2v) is 12.0. The van der Waals surface area contributed by atoms with Crippen LogP contribution in [-0.4, -0.2) is 11.7 Å². The summed E-state index contributed by atoms with van der Waals surface area (Å²) in [6, 6.07) is 16.1. The van der Waals surface area contributed by atoms with Gasteiger partial charge in [0.2, 0.25) is 0 Å². The van der Waals surface area contributed by atoms with Crippen LogP contribution in [0.2, 0.25) is 0 Å². The number of fused-ring (bicyclic) bond motifs is 1. The Kier molecular flexibility index (Phi) is 7.50. The van der Waals surface area contributed by atoms with Crippen molar-refractivity contribution in [3.05, 3.63) is 76.5 Å². The van der Waals surface area contributed by atoms with E-state index in [0.29, 0.717) is 29.6 Å². The van der Waals surface area contributed by atoms with Crippen molar-refractivity contribution >= 4 is 22.9 Å². The third-order valence-electron chi connectivity index (χ3n) is 7.58. The molecular formula is C33H45N3. The number of benzene rings is 2. The molecule has 0 saturated heterocycles. The number of aromatic nitrogens is 1. The highest BCUT2D eigenvalue weighted by atomic mass is 15.4. The number of hydrogen-bond acceptors (Lipinski definition) is 3. The predicted molar refractivity (Wildman–Crippen MR) is 157 cm³/mol. The fourth-order valence-electron chi connectivity index (χ4n) is 5.51. The van der Waals surface area contributed by atoms with Crippen LogP contribution in [0, 0.1) is 0 Å². The summed E-state index contributed by atoms with van der Waals surface area (Å²) in [6.07, 6.45) is 1.94. The van der Waals surface area contributed by atoms with Crippen molar-refractivity contribution in [2.24, 2.45) is 0 Å². The first-order valence-electron chi connectivity index (χ1n) is 13.8. The lowest BCUT2D eigenvalue weighted by atomic mass is 9.87. The molecule has 1 aliphatic rings. The van der Waals surface area contributed by atoms with Crippen molar-refractivity contribution in [3.8, 4) is 0 Å². The Balaban J connectivity index is 1.98. The molecule has 0 bridgehead atoms. The molecule has 2 heterocycles. The van der Waals surface area contributed by atoms with Crippen LogP contribution >= 0.6 is 0 Å². The summed E-state index contributed by atoms with van der Waals surface area (Å²) in [4.78, 5) is 9.99. The van der Waals surface area contributed by atoms with Crippen molar-refractivity contribution in [2.75, 3.05) is 16.5 Å². The minimum absolute atomic E-state index is 0.430. The third-order valence-corrected chi connectivity index (χ3v) is 7.58. The summed E-state index contributed by atoms with van der Waals surface area (Å²) < 4.78 is 0. The van der Waals surface area contributed by atoms with Gasteiger partial charge in [0.05, 0.1) is 11.4 Å². The van der Waals surface area contributed by atoms with E-state index in [1.54, 1.807) is 0 Å². The van der Waals surface area contributed by atoms with Crippen LogP contribution in [0.1, 0.15) is 127 Å². The maximum absolute atomic E-state index is 4.97. The van der Waals surface area contributed by atoms with E-state index in [9.17, 15) is 0 Å². The summed E-state index contributed by atoms with van der Waals surface area (Å²) in [5.41, 5.74) is 11.0. The molecule has 3 heteroatoms. The van der Waals surface area contributed by atoms with Gasteiger partial charge in [0.1, 0.15) is 6.67 Å². The first kappa shape index (κ1) is 26.3. The Morgan fingerprint density at radius 1 is 0.583 bits per heavy atom. The minimum atomic E-state index is 0.430. The molecule has 0 fully saturated rings. The van der Waals surface area contributed by atoms with Gasteiger partial charge in [-0.05, 0) is 69.5 Å². The Bertz CT molecular complexity index is 1160. The van der Waals surface area contributed by atoms with Gasteiger partial charge in [-0.25, -0.2) is 4.98 Å². The first-order chi connectivity index (χ1) is 17.0. The first-order valence-corrected chi connectivity index (χ1v) is 13.8. The monoisotopic (exact) mass is 483 g/mol. The molecule has 0 radical (unpaired) electrons. The van der Waals surface area contributed by atoms with Crippen LogP contribution in [0.5, 0.6) is 0 Å². The van der Waals surface area contributed by atoms with E-state index in [-0.39, 0.29) is 0 Å². The normalized spacial score (nSPS) is 13.8. The lowest BCUT2D eigenvalue weighted by Gasteiger charge is -2.31. The fourth-order valence-corrected chi connectivity index (χ4v) is 5.51. The number of pyridine rings is 1. The molecule has 192 valence electrons. The van der Waals surface area contributed by atoms with Gasteiger partial charge in [0.25, 0.3) is 0 Å². The molecule has 0 saturated carbocycles. The van der Waals surface area contributed by atoms with Gasteiger partial charge in [-0.3, -0.25) is 0 Å². The van der Waals surface area contributed by atoms with E-state index in [1.165, 1.54) is 44.9 Å². The van der Waals surface area contributed by atoms with Crippen LogP contribution in [0.25, 0.3) is 0 Å². The Hall–Kier alpha value is -2.81. The fraction of sp³-hybridized carbons (Fsp3) is 0.485. The molecule has 0 unspecified atom stereocenters. The van der Waals surface area contributed by atoms with Crippen LogP contribution in [0.4, 0.5) is 22.9 Å². The Labute approximate surface area is 219 Å². The molecule has 0 atom stereocenters. The van der Waals surface area contributed by atoms with Crippen LogP contribution in [0.3, 0.4) is 0 Å². The van der Waals surface area contributed by atoms with Crippen LogP contribution in [0.15, 0.2) is 48.7 Å². The number of para-hydroxylation sites is 1. The molecule has 2 aromatic carbocycles. The maximum atomic E-state index is 4.97. The van der Waals surface area contributed by atoms with Crippen LogP contribution in [-0.2, 0) is 0 Å². The van der Waals surface area contributed by atoms with Gasteiger partial charge in [-0.1, -0.05) is 99.6 Å². The van der Waals surface area contributed by atoms with Gasteiger partial charge in [0, 0.05) is 11.9 Å². The topological polar surface area (TPSA) is 19.4 Å². The van der Waals surface area contributed by atoms with Crippen molar-refractivity contribution in [2.45, 2.75) is 98.8 Å². The van der Waals surface area contributed by atoms with Gasteiger partial charge in [-0.2, -0.15) is 0 Å². The largest absolute Gasteiger partial charge is 0.319 e. The van der Waals surface area contributed by atoms with E-state index in [1.807, 2.05) is 6.20 Å². The zero-order valence-corrected chi connectivity index (χ0v) is 24.1. The smallest absolute Gasteiger partial charge is 0.158 e. The average Bonchev–Trinajstić information content (AvgIpc) is 3.21. The molecule has 1 aliphatic heterocycles. The van der Waals surface area contributed by atoms with Crippen molar-refractivity contribution in [1.82, 2.24) is 4.98 Å². The zero-order valence-electron chi connectivity index (χ0n) is 24.1. The van der Waals surface area contributed by atoms with E-state index in [0.717, 1.165) is 12.5 Å². The molecule has 36 heavy (non-hydrogen) atoms. The zero-order chi connectivity index (χ0) is 26.3. The third kappa shape index (κ3) is 4.65. The highest BCUT2D eigenvalue weighted by molar-refractivity contribution is 5.88. The second-order valence-electron chi connectivity index (χ2n) is 12.0. The second kappa shape index (κ2) is 10.3. The SMILES string of the molecule is CC(C)c1cc(C(C)C)c(N2CN(c3c(C(C)C)cccc3C(C)C)c3ncccc32)c(C(C)C)c1. The van der Waals surface area contributed by atoms with Gasteiger partial charge in [0.15, 0.2) is 5.82 Å². The quantitative estimate of drug-likeness (QED) is 0.333.